The van der Waals surface area contributed by atoms with Crippen LogP contribution in [0.25, 0.3) is 0 Å². The van der Waals surface area contributed by atoms with E-state index >= 15 is 0 Å². The monoisotopic (exact) mass is 464 g/mol. The highest BCUT2D eigenvalue weighted by Gasteiger charge is 2.23. The highest BCUT2D eigenvalue weighted by Crippen LogP contribution is 2.33. The zero-order valence-electron chi connectivity index (χ0n) is 19.1. The Morgan fingerprint density at radius 2 is 1.74 bits per heavy atom. The topological polar surface area (TPSA) is 81.5 Å². The standard InChI is InChI=1S/C26H28N2O6/c1-2-12-27(26(30)18-32-21-7-4-3-5-8-21)17-25(29)28(16-22-9-6-13-31-22)15-20-10-11-23-24(14-20)34-19-33-23/h3-11,13-14H,2,12,15-19H2,1H3. The maximum atomic E-state index is 13.4. The van der Waals surface area contributed by atoms with Crippen molar-refractivity contribution in [2.24, 2.45) is 0 Å². The van der Waals surface area contributed by atoms with Gasteiger partial charge in [-0.2, -0.15) is 0 Å². The summed E-state index contributed by atoms with van der Waals surface area (Å²) < 4.78 is 21.9. The average molecular weight is 465 g/mol. The second kappa shape index (κ2) is 11.3. The number of benzene rings is 2. The van der Waals surface area contributed by atoms with Gasteiger partial charge in [-0.15, -0.1) is 0 Å². The van der Waals surface area contributed by atoms with Crippen LogP contribution in [0.5, 0.6) is 17.2 Å². The van der Waals surface area contributed by atoms with Crippen molar-refractivity contribution in [3.05, 3.63) is 78.3 Å². The minimum Gasteiger partial charge on any atom is -0.484 e. The van der Waals surface area contributed by atoms with Gasteiger partial charge in [0.2, 0.25) is 12.7 Å². The molecule has 0 N–H and O–H groups in total. The van der Waals surface area contributed by atoms with Crippen molar-refractivity contribution in [3.63, 3.8) is 0 Å². The highest BCUT2D eigenvalue weighted by molar-refractivity contribution is 5.85. The van der Waals surface area contributed by atoms with Crippen LogP contribution in [0.2, 0.25) is 0 Å². The predicted molar refractivity (Wildman–Crippen MR) is 124 cm³/mol. The Hall–Kier alpha value is -3.94. The zero-order chi connectivity index (χ0) is 23.8. The number of para-hydroxylation sites is 1. The van der Waals surface area contributed by atoms with Gasteiger partial charge in [0.25, 0.3) is 5.91 Å². The summed E-state index contributed by atoms with van der Waals surface area (Å²) in [6.07, 6.45) is 2.30. The largest absolute Gasteiger partial charge is 0.484 e. The van der Waals surface area contributed by atoms with E-state index in [9.17, 15) is 9.59 Å². The van der Waals surface area contributed by atoms with Crippen molar-refractivity contribution in [1.82, 2.24) is 9.80 Å². The molecule has 8 nitrogen and oxygen atoms in total. The predicted octanol–water partition coefficient (Wildman–Crippen LogP) is 3.85. The lowest BCUT2D eigenvalue weighted by Gasteiger charge is -2.27. The Balaban J connectivity index is 1.44. The van der Waals surface area contributed by atoms with E-state index < -0.39 is 0 Å². The van der Waals surface area contributed by atoms with Gasteiger partial charge in [-0.25, -0.2) is 0 Å². The summed E-state index contributed by atoms with van der Waals surface area (Å²) in [5.41, 5.74) is 0.893. The summed E-state index contributed by atoms with van der Waals surface area (Å²) in [4.78, 5) is 29.4. The summed E-state index contributed by atoms with van der Waals surface area (Å²) >= 11 is 0. The Morgan fingerprint density at radius 1 is 0.912 bits per heavy atom. The second-order valence-electron chi connectivity index (χ2n) is 7.93. The number of amides is 2. The Kier molecular flexibility index (Phi) is 7.70. The first kappa shape index (κ1) is 23.2. The molecule has 0 saturated heterocycles. The van der Waals surface area contributed by atoms with Crippen LogP contribution in [-0.2, 0) is 22.7 Å². The highest BCUT2D eigenvalue weighted by atomic mass is 16.7. The fraction of sp³-hybridized carbons (Fsp3) is 0.308. The van der Waals surface area contributed by atoms with Crippen molar-refractivity contribution >= 4 is 11.8 Å². The third kappa shape index (κ3) is 6.10. The fourth-order valence-electron chi connectivity index (χ4n) is 3.66. The van der Waals surface area contributed by atoms with E-state index in [1.807, 2.05) is 49.4 Å². The summed E-state index contributed by atoms with van der Waals surface area (Å²) in [5, 5.41) is 0. The zero-order valence-corrected chi connectivity index (χ0v) is 19.1. The molecule has 0 spiro atoms. The van der Waals surface area contributed by atoms with Crippen LogP contribution in [0.4, 0.5) is 0 Å². The van der Waals surface area contributed by atoms with E-state index in [-0.39, 0.29) is 38.3 Å². The van der Waals surface area contributed by atoms with Crippen molar-refractivity contribution in [2.45, 2.75) is 26.4 Å². The minimum absolute atomic E-state index is 0.0456. The number of carbonyl (C=O) groups is 2. The van der Waals surface area contributed by atoms with Crippen molar-refractivity contribution in [3.8, 4) is 17.2 Å². The molecule has 0 aliphatic carbocycles. The molecule has 0 fully saturated rings. The van der Waals surface area contributed by atoms with Gasteiger partial charge < -0.3 is 28.4 Å². The molecule has 1 aromatic heterocycles. The lowest BCUT2D eigenvalue weighted by molar-refractivity contribution is -0.142. The number of hydrogen-bond acceptors (Lipinski definition) is 6. The maximum absolute atomic E-state index is 13.4. The second-order valence-corrected chi connectivity index (χ2v) is 7.93. The molecule has 4 rings (SSSR count). The molecule has 2 aromatic carbocycles. The normalized spacial score (nSPS) is 11.8. The Labute approximate surface area is 198 Å². The molecule has 0 atom stereocenters. The van der Waals surface area contributed by atoms with Crippen LogP contribution >= 0.6 is 0 Å². The van der Waals surface area contributed by atoms with Crippen LogP contribution in [0.1, 0.15) is 24.7 Å². The number of nitrogens with zero attached hydrogens (tertiary/aromatic N) is 2. The number of furan rings is 1. The molecular weight excluding hydrogens is 436 g/mol. The molecule has 0 bridgehead atoms. The van der Waals surface area contributed by atoms with Gasteiger partial charge in [-0.1, -0.05) is 31.2 Å². The average Bonchev–Trinajstić information content (AvgIpc) is 3.54. The quantitative estimate of drug-likeness (QED) is 0.429. The summed E-state index contributed by atoms with van der Waals surface area (Å²) in [6, 6.07) is 18.4. The minimum atomic E-state index is -0.236. The van der Waals surface area contributed by atoms with Gasteiger partial charge in [0, 0.05) is 13.1 Å². The smallest absolute Gasteiger partial charge is 0.260 e. The Morgan fingerprint density at radius 3 is 2.50 bits per heavy atom. The summed E-state index contributed by atoms with van der Waals surface area (Å²) in [6.45, 7) is 3.07. The van der Waals surface area contributed by atoms with E-state index in [0.717, 1.165) is 12.0 Å². The Bertz CT molecular complexity index is 1080. The van der Waals surface area contributed by atoms with Gasteiger partial charge in [-0.3, -0.25) is 9.59 Å². The van der Waals surface area contributed by atoms with Crippen LogP contribution in [0.15, 0.2) is 71.3 Å². The first-order chi connectivity index (χ1) is 16.6. The number of hydrogen-bond donors (Lipinski definition) is 0. The summed E-state index contributed by atoms with van der Waals surface area (Å²) in [7, 11) is 0. The SMILES string of the molecule is CCCN(CC(=O)N(Cc1ccc2c(c1)OCO2)Cc1ccco1)C(=O)COc1ccccc1. The molecule has 0 radical (unpaired) electrons. The van der Waals surface area contributed by atoms with Crippen LogP contribution < -0.4 is 14.2 Å². The van der Waals surface area contributed by atoms with Crippen LogP contribution in [0.3, 0.4) is 0 Å². The first-order valence-corrected chi connectivity index (χ1v) is 11.3. The molecule has 2 heterocycles. The number of carbonyl (C=O) groups excluding carboxylic acids is 2. The van der Waals surface area contributed by atoms with E-state index in [1.54, 1.807) is 34.3 Å². The number of fused-ring (bicyclic) bond motifs is 1. The number of ether oxygens (including phenoxy) is 3. The fourth-order valence-corrected chi connectivity index (χ4v) is 3.66. The van der Waals surface area contributed by atoms with Gasteiger partial charge in [0.15, 0.2) is 18.1 Å². The van der Waals surface area contributed by atoms with Crippen molar-refractivity contribution in [1.29, 1.82) is 0 Å². The molecule has 1 aliphatic rings. The molecular formula is C26H28N2O6. The molecule has 0 saturated carbocycles. The molecule has 1 aliphatic heterocycles. The van der Waals surface area contributed by atoms with Crippen molar-refractivity contribution < 1.29 is 28.2 Å². The molecule has 34 heavy (non-hydrogen) atoms. The van der Waals surface area contributed by atoms with Crippen LogP contribution in [-0.4, -0.2) is 48.1 Å². The molecule has 0 unspecified atom stereocenters. The lowest BCUT2D eigenvalue weighted by atomic mass is 10.2. The lowest BCUT2D eigenvalue weighted by Crippen LogP contribution is -2.44. The third-order valence-electron chi connectivity index (χ3n) is 5.37. The van der Waals surface area contributed by atoms with Gasteiger partial charge in [-0.05, 0) is 48.4 Å². The maximum Gasteiger partial charge on any atom is 0.260 e. The third-order valence-corrected chi connectivity index (χ3v) is 5.37. The van der Waals surface area contributed by atoms with E-state index in [2.05, 4.69) is 0 Å². The summed E-state index contributed by atoms with van der Waals surface area (Å²) in [5.74, 6) is 2.20. The van der Waals surface area contributed by atoms with E-state index in [1.165, 1.54) is 0 Å². The van der Waals surface area contributed by atoms with Gasteiger partial charge >= 0.3 is 0 Å². The molecule has 178 valence electrons. The van der Waals surface area contributed by atoms with E-state index in [0.29, 0.717) is 36.1 Å². The molecule has 3 aromatic rings. The van der Waals surface area contributed by atoms with E-state index in [4.69, 9.17) is 18.6 Å². The molecule has 8 heteroatoms. The van der Waals surface area contributed by atoms with Gasteiger partial charge in [0.1, 0.15) is 11.5 Å². The molecule has 2 amide bonds. The van der Waals surface area contributed by atoms with Crippen LogP contribution in [0, 0.1) is 0 Å². The number of rotatable bonds is 11. The first-order valence-electron chi connectivity index (χ1n) is 11.3. The van der Waals surface area contributed by atoms with Crippen molar-refractivity contribution in [2.75, 3.05) is 26.5 Å². The van der Waals surface area contributed by atoms with Gasteiger partial charge in [0.05, 0.1) is 19.4 Å².